The summed E-state index contributed by atoms with van der Waals surface area (Å²) in [5, 5.41) is 12.1. The maximum atomic E-state index is 13.3. The Bertz CT molecular complexity index is 599. The maximum Gasteiger partial charge on any atom is 0.230 e. The first-order chi connectivity index (χ1) is 11.7. The van der Waals surface area contributed by atoms with Crippen LogP contribution in [0.2, 0.25) is 0 Å². The molecule has 1 aromatic rings. The van der Waals surface area contributed by atoms with Gasteiger partial charge < -0.3 is 14.9 Å². The second-order valence-electron chi connectivity index (χ2n) is 7.63. The summed E-state index contributed by atoms with van der Waals surface area (Å²) in [5.41, 5.74) is 0.538. The van der Waals surface area contributed by atoms with Crippen molar-refractivity contribution in [1.29, 1.82) is 0 Å². The van der Waals surface area contributed by atoms with Crippen molar-refractivity contribution in [3.05, 3.63) is 11.1 Å². The molecule has 1 unspecified atom stereocenters. The number of rotatable bonds is 3. The zero-order chi connectivity index (χ0) is 16.6. The summed E-state index contributed by atoms with van der Waals surface area (Å²) in [5.74, 6) is 0.405. The van der Waals surface area contributed by atoms with Crippen LogP contribution in [0.25, 0.3) is 0 Å². The van der Waals surface area contributed by atoms with Gasteiger partial charge in [-0.2, -0.15) is 0 Å². The second-order valence-corrected chi connectivity index (χ2v) is 8.46. The molecule has 5 nitrogen and oxygen atoms in total. The van der Waals surface area contributed by atoms with Crippen molar-refractivity contribution in [1.82, 2.24) is 9.88 Å². The van der Waals surface area contributed by atoms with Gasteiger partial charge in [-0.25, -0.2) is 4.98 Å². The third kappa shape index (κ3) is 2.84. The molecule has 1 aliphatic carbocycles. The third-order valence-electron chi connectivity index (χ3n) is 6.11. The summed E-state index contributed by atoms with van der Waals surface area (Å²) < 4.78 is 0. The van der Waals surface area contributed by atoms with Crippen LogP contribution < -0.4 is 4.90 Å². The van der Waals surface area contributed by atoms with Crippen molar-refractivity contribution in [3.63, 3.8) is 0 Å². The van der Waals surface area contributed by atoms with Gasteiger partial charge in [-0.1, -0.05) is 19.3 Å². The SMILES string of the molecule is O=C1N(C2CCCCC2)CCCC12CCN(c1nc(CO)cs1)C2. The van der Waals surface area contributed by atoms with Crippen molar-refractivity contribution in [2.45, 2.75) is 64.0 Å². The Labute approximate surface area is 147 Å². The van der Waals surface area contributed by atoms with Crippen molar-refractivity contribution >= 4 is 22.4 Å². The normalized spacial score (nSPS) is 29.0. The van der Waals surface area contributed by atoms with Gasteiger partial charge in [-0.15, -0.1) is 11.3 Å². The molecule has 2 aliphatic heterocycles. The van der Waals surface area contributed by atoms with Gasteiger partial charge in [0.05, 0.1) is 17.7 Å². The zero-order valence-electron chi connectivity index (χ0n) is 14.2. The van der Waals surface area contributed by atoms with Crippen LogP contribution in [0.4, 0.5) is 5.13 Å². The van der Waals surface area contributed by atoms with E-state index in [-0.39, 0.29) is 12.0 Å². The lowest BCUT2D eigenvalue weighted by molar-refractivity contribution is -0.148. The van der Waals surface area contributed by atoms with E-state index < -0.39 is 0 Å². The molecule has 0 aromatic carbocycles. The van der Waals surface area contributed by atoms with Crippen LogP contribution in [0.3, 0.4) is 0 Å². The zero-order valence-corrected chi connectivity index (χ0v) is 15.1. The number of amides is 1. The number of thiazole rings is 1. The number of anilines is 1. The number of piperidine rings is 1. The van der Waals surface area contributed by atoms with Crippen molar-refractivity contribution in [2.24, 2.45) is 5.41 Å². The highest BCUT2D eigenvalue weighted by Crippen LogP contribution is 2.43. The monoisotopic (exact) mass is 349 g/mol. The summed E-state index contributed by atoms with van der Waals surface area (Å²) in [7, 11) is 0. The van der Waals surface area contributed by atoms with E-state index in [1.54, 1.807) is 11.3 Å². The molecule has 24 heavy (non-hydrogen) atoms. The number of aliphatic hydroxyl groups is 1. The molecule has 1 aromatic heterocycles. The van der Waals surface area contributed by atoms with E-state index in [0.29, 0.717) is 11.9 Å². The molecular weight excluding hydrogens is 322 g/mol. The topological polar surface area (TPSA) is 56.7 Å². The fraction of sp³-hybridized carbons (Fsp3) is 0.778. The number of nitrogens with zero attached hydrogens (tertiary/aromatic N) is 3. The van der Waals surface area contributed by atoms with Crippen molar-refractivity contribution in [2.75, 3.05) is 24.5 Å². The highest BCUT2D eigenvalue weighted by molar-refractivity contribution is 7.13. The number of carbonyl (C=O) groups excluding carboxylic acids is 1. The van der Waals surface area contributed by atoms with Gasteiger partial charge in [0.2, 0.25) is 5.91 Å². The van der Waals surface area contributed by atoms with Gasteiger partial charge in [0.15, 0.2) is 5.13 Å². The number of aromatic nitrogens is 1. The first kappa shape index (κ1) is 16.3. The van der Waals surface area contributed by atoms with E-state index in [9.17, 15) is 9.90 Å². The van der Waals surface area contributed by atoms with Crippen LogP contribution in [0.5, 0.6) is 0 Å². The van der Waals surface area contributed by atoms with E-state index in [2.05, 4.69) is 14.8 Å². The Hall–Kier alpha value is -1.14. The second kappa shape index (κ2) is 6.64. The number of carbonyl (C=O) groups is 1. The fourth-order valence-electron chi connectivity index (χ4n) is 4.77. The largest absolute Gasteiger partial charge is 0.390 e. The number of likely N-dealkylation sites (tertiary alicyclic amines) is 1. The molecular formula is C18H27N3O2S. The van der Waals surface area contributed by atoms with Gasteiger partial charge >= 0.3 is 0 Å². The molecule has 3 heterocycles. The Kier molecular flexibility index (Phi) is 4.52. The molecule has 1 saturated carbocycles. The number of aliphatic hydroxyl groups excluding tert-OH is 1. The van der Waals surface area contributed by atoms with Crippen molar-refractivity contribution < 1.29 is 9.90 Å². The quantitative estimate of drug-likeness (QED) is 0.912. The van der Waals surface area contributed by atoms with Crippen LogP contribution >= 0.6 is 11.3 Å². The summed E-state index contributed by atoms with van der Waals surface area (Å²) in [6.45, 7) is 2.65. The van der Waals surface area contributed by atoms with E-state index >= 15 is 0 Å². The highest BCUT2D eigenvalue weighted by atomic mass is 32.1. The maximum absolute atomic E-state index is 13.3. The van der Waals surface area contributed by atoms with Crippen LogP contribution in [0.15, 0.2) is 5.38 Å². The first-order valence-electron chi connectivity index (χ1n) is 9.33. The minimum Gasteiger partial charge on any atom is -0.390 e. The summed E-state index contributed by atoms with van der Waals surface area (Å²) >= 11 is 1.58. The standard InChI is InChI=1S/C18H27N3O2S/c22-11-14-12-24-17(19-14)20-10-8-18(13-20)7-4-9-21(16(18)23)15-5-2-1-3-6-15/h12,15,22H,1-11,13H2. The molecule has 1 spiro atoms. The average molecular weight is 350 g/mol. The van der Waals surface area contributed by atoms with Gasteiger partial charge in [0.1, 0.15) is 0 Å². The van der Waals surface area contributed by atoms with E-state index in [4.69, 9.17) is 0 Å². The van der Waals surface area contributed by atoms with E-state index in [1.807, 2.05) is 5.38 Å². The Morgan fingerprint density at radius 2 is 2.04 bits per heavy atom. The molecule has 3 aliphatic rings. The molecule has 6 heteroatoms. The Morgan fingerprint density at radius 1 is 1.21 bits per heavy atom. The lowest BCUT2D eigenvalue weighted by Gasteiger charge is -2.44. The molecule has 4 rings (SSSR count). The Balaban J connectivity index is 1.49. The predicted molar refractivity (Wildman–Crippen MR) is 95.1 cm³/mol. The summed E-state index contributed by atoms with van der Waals surface area (Å²) in [6, 6.07) is 0.485. The summed E-state index contributed by atoms with van der Waals surface area (Å²) in [6.07, 6.45) is 9.36. The highest BCUT2D eigenvalue weighted by Gasteiger charge is 2.50. The van der Waals surface area contributed by atoms with Gasteiger partial charge in [0, 0.05) is 31.1 Å². The molecule has 2 saturated heterocycles. The van der Waals surface area contributed by atoms with Crippen LogP contribution in [0, 0.1) is 5.41 Å². The predicted octanol–water partition coefficient (Wildman–Crippen LogP) is 2.79. The average Bonchev–Trinajstić information content (AvgIpc) is 3.26. The van der Waals surface area contributed by atoms with Crippen LogP contribution in [-0.4, -0.2) is 46.6 Å². The van der Waals surface area contributed by atoms with Gasteiger partial charge in [-0.3, -0.25) is 4.79 Å². The third-order valence-corrected chi connectivity index (χ3v) is 7.06. The summed E-state index contributed by atoms with van der Waals surface area (Å²) in [4.78, 5) is 22.3. The molecule has 3 fully saturated rings. The fourth-order valence-corrected chi connectivity index (χ4v) is 5.61. The van der Waals surface area contributed by atoms with Crippen molar-refractivity contribution in [3.8, 4) is 0 Å². The lowest BCUT2D eigenvalue weighted by Crippen LogP contribution is -2.54. The lowest BCUT2D eigenvalue weighted by atomic mass is 9.77. The molecule has 1 atom stereocenters. The van der Waals surface area contributed by atoms with Crippen LogP contribution in [-0.2, 0) is 11.4 Å². The Morgan fingerprint density at radius 3 is 2.79 bits per heavy atom. The minimum atomic E-state index is -0.194. The molecule has 0 bridgehead atoms. The number of hydrogen-bond acceptors (Lipinski definition) is 5. The number of hydrogen-bond donors (Lipinski definition) is 1. The molecule has 132 valence electrons. The van der Waals surface area contributed by atoms with Crippen LogP contribution in [0.1, 0.15) is 57.1 Å². The molecule has 0 radical (unpaired) electrons. The van der Waals surface area contributed by atoms with E-state index in [1.165, 1.54) is 32.1 Å². The minimum absolute atomic E-state index is 0.0100. The molecule has 1 N–H and O–H groups in total. The van der Waals surface area contributed by atoms with Gasteiger partial charge in [-0.05, 0) is 32.1 Å². The first-order valence-corrected chi connectivity index (χ1v) is 10.2. The smallest absolute Gasteiger partial charge is 0.230 e. The van der Waals surface area contributed by atoms with Gasteiger partial charge in [0.25, 0.3) is 0 Å². The molecule has 1 amide bonds. The van der Waals surface area contributed by atoms with E-state index in [0.717, 1.165) is 49.7 Å².